The van der Waals surface area contributed by atoms with Crippen LogP contribution in [0.25, 0.3) is 11.1 Å². The molecule has 0 aliphatic rings. The Bertz CT molecular complexity index is 898. The van der Waals surface area contributed by atoms with Crippen molar-refractivity contribution in [2.75, 3.05) is 5.32 Å². The fraction of sp³-hybridized carbons (Fsp3) is 0.118. The van der Waals surface area contributed by atoms with Gasteiger partial charge < -0.3 is 14.5 Å². The standard InChI is InChI=1S/C17H14N2O4/c1-10(20)18-13-5-3-4-12(8-13)17(21)23-14-6-7-16-15(9-14)19-11(2)22-16/h3-9H,1-2H3,(H,18,20). The van der Waals surface area contributed by atoms with Gasteiger partial charge in [-0.2, -0.15) is 0 Å². The van der Waals surface area contributed by atoms with Crippen molar-refractivity contribution in [3.05, 3.63) is 53.9 Å². The van der Waals surface area contributed by atoms with E-state index in [2.05, 4.69) is 10.3 Å². The maximum atomic E-state index is 12.2. The molecule has 1 heterocycles. The van der Waals surface area contributed by atoms with Gasteiger partial charge in [-0.1, -0.05) is 6.07 Å². The minimum absolute atomic E-state index is 0.206. The zero-order valence-corrected chi connectivity index (χ0v) is 12.6. The molecule has 1 aromatic heterocycles. The van der Waals surface area contributed by atoms with Crippen molar-refractivity contribution in [3.63, 3.8) is 0 Å². The predicted molar refractivity (Wildman–Crippen MR) is 84.5 cm³/mol. The monoisotopic (exact) mass is 310 g/mol. The minimum Gasteiger partial charge on any atom is -0.441 e. The molecule has 0 saturated heterocycles. The molecule has 6 heteroatoms. The number of rotatable bonds is 3. The predicted octanol–water partition coefficient (Wildman–Crippen LogP) is 3.31. The summed E-state index contributed by atoms with van der Waals surface area (Å²) < 4.78 is 10.7. The lowest BCUT2D eigenvalue weighted by Crippen LogP contribution is -2.10. The highest BCUT2D eigenvalue weighted by molar-refractivity contribution is 5.94. The van der Waals surface area contributed by atoms with Gasteiger partial charge >= 0.3 is 5.97 Å². The molecular weight excluding hydrogens is 296 g/mol. The van der Waals surface area contributed by atoms with Crippen LogP contribution in [0.1, 0.15) is 23.2 Å². The molecular formula is C17H14N2O4. The molecule has 1 N–H and O–H groups in total. The molecule has 0 unspecified atom stereocenters. The Kier molecular flexibility index (Phi) is 3.80. The van der Waals surface area contributed by atoms with Crippen LogP contribution in [-0.4, -0.2) is 16.9 Å². The highest BCUT2D eigenvalue weighted by atomic mass is 16.5. The number of nitrogens with zero attached hydrogens (tertiary/aromatic N) is 1. The van der Waals surface area contributed by atoms with E-state index < -0.39 is 5.97 Å². The first-order chi connectivity index (χ1) is 11.0. The Morgan fingerprint density at radius 2 is 2.00 bits per heavy atom. The van der Waals surface area contributed by atoms with Crippen LogP contribution in [0.3, 0.4) is 0 Å². The van der Waals surface area contributed by atoms with Crippen LogP contribution in [0.4, 0.5) is 5.69 Å². The highest BCUT2D eigenvalue weighted by Crippen LogP contribution is 2.22. The van der Waals surface area contributed by atoms with Crippen LogP contribution in [0.5, 0.6) is 5.75 Å². The maximum Gasteiger partial charge on any atom is 0.343 e. The van der Waals surface area contributed by atoms with Gasteiger partial charge in [-0.15, -0.1) is 0 Å². The van der Waals surface area contributed by atoms with Crippen LogP contribution in [-0.2, 0) is 4.79 Å². The molecule has 0 atom stereocenters. The van der Waals surface area contributed by atoms with Gasteiger partial charge in [0.05, 0.1) is 5.56 Å². The largest absolute Gasteiger partial charge is 0.441 e. The summed E-state index contributed by atoms with van der Waals surface area (Å²) in [4.78, 5) is 27.5. The van der Waals surface area contributed by atoms with Crippen molar-refractivity contribution in [2.45, 2.75) is 13.8 Å². The SMILES string of the molecule is CC(=O)Nc1cccc(C(=O)Oc2ccc3oc(C)nc3c2)c1. The number of carbonyl (C=O) groups excluding carboxylic acids is 2. The van der Waals surface area contributed by atoms with Gasteiger partial charge in [0.25, 0.3) is 0 Å². The molecule has 0 fully saturated rings. The van der Waals surface area contributed by atoms with E-state index in [-0.39, 0.29) is 5.91 Å². The number of hydrogen-bond donors (Lipinski definition) is 1. The van der Waals surface area contributed by atoms with Crippen molar-refractivity contribution in [2.24, 2.45) is 0 Å². The lowest BCUT2D eigenvalue weighted by atomic mass is 10.2. The van der Waals surface area contributed by atoms with Gasteiger partial charge in [-0.25, -0.2) is 9.78 Å². The molecule has 3 aromatic rings. The summed E-state index contributed by atoms with van der Waals surface area (Å²) in [5.41, 5.74) is 2.14. The third-order valence-corrected chi connectivity index (χ3v) is 3.10. The Morgan fingerprint density at radius 1 is 1.17 bits per heavy atom. The lowest BCUT2D eigenvalue weighted by Gasteiger charge is -2.06. The van der Waals surface area contributed by atoms with Crippen molar-refractivity contribution < 1.29 is 18.7 Å². The number of amides is 1. The smallest absolute Gasteiger partial charge is 0.343 e. The third-order valence-electron chi connectivity index (χ3n) is 3.10. The fourth-order valence-corrected chi connectivity index (χ4v) is 2.18. The molecule has 0 aliphatic heterocycles. The van der Waals surface area contributed by atoms with Gasteiger partial charge in [0.1, 0.15) is 11.3 Å². The summed E-state index contributed by atoms with van der Waals surface area (Å²) in [6, 6.07) is 11.5. The van der Waals surface area contributed by atoms with Crippen molar-refractivity contribution in [3.8, 4) is 5.75 Å². The number of benzene rings is 2. The molecule has 23 heavy (non-hydrogen) atoms. The summed E-state index contributed by atoms with van der Waals surface area (Å²) in [6.07, 6.45) is 0. The van der Waals surface area contributed by atoms with E-state index in [4.69, 9.17) is 9.15 Å². The molecule has 0 spiro atoms. The molecule has 0 saturated carbocycles. The second kappa shape index (κ2) is 5.92. The number of carbonyl (C=O) groups is 2. The number of aromatic nitrogens is 1. The van der Waals surface area contributed by atoms with Crippen LogP contribution >= 0.6 is 0 Å². The van der Waals surface area contributed by atoms with E-state index in [1.165, 1.54) is 6.92 Å². The first kappa shape index (κ1) is 14.8. The summed E-state index contributed by atoms with van der Waals surface area (Å²) in [5, 5.41) is 2.62. The van der Waals surface area contributed by atoms with Crippen LogP contribution in [0.15, 0.2) is 46.9 Å². The van der Waals surface area contributed by atoms with E-state index in [1.807, 2.05) is 0 Å². The average molecular weight is 310 g/mol. The summed E-state index contributed by atoms with van der Waals surface area (Å²) >= 11 is 0. The van der Waals surface area contributed by atoms with Crippen LogP contribution in [0, 0.1) is 6.92 Å². The zero-order chi connectivity index (χ0) is 16.4. The van der Waals surface area contributed by atoms with Gasteiger partial charge in [0.15, 0.2) is 11.5 Å². The number of ether oxygens (including phenoxy) is 1. The summed E-state index contributed by atoms with van der Waals surface area (Å²) in [6.45, 7) is 3.15. The van der Waals surface area contributed by atoms with Gasteiger partial charge in [0.2, 0.25) is 5.91 Å². The highest BCUT2D eigenvalue weighted by Gasteiger charge is 2.11. The van der Waals surface area contributed by atoms with E-state index in [0.29, 0.717) is 34.0 Å². The Balaban J connectivity index is 1.81. The van der Waals surface area contributed by atoms with Crippen molar-refractivity contribution in [1.29, 1.82) is 0 Å². The second-order valence-corrected chi connectivity index (χ2v) is 5.01. The Morgan fingerprint density at radius 3 is 2.78 bits per heavy atom. The average Bonchev–Trinajstić information content (AvgIpc) is 2.86. The van der Waals surface area contributed by atoms with E-state index in [9.17, 15) is 9.59 Å². The second-order valence-electron chi connectivity index (χ2n) is 5.01. The van der Waals surface area contributed by atoms with E-state index >= 15 is 0 Å². The molecule has 1 amide bonds. The number of nitrogens with one attached hydrogen (secondary N) is 1. The summed E-state index contributed by atoms with van der Waals surface area (Å²) in [5.74, 6) is 0.200. The summed E-state index contributed by atoms with van der Waals surface area (Å²) in [7, 11) is 0. The lowest BCUT2D eigenvalue weighted by molar-refractivity contribution is -0.114. The quantitative estimate of drug-likeness (QED) is 0.593. The van der Waals surface area contributed by atoms with Gasteiger partial charge in [-0.3, -0.25) is 4.79 Å². The number of fused-ring (bicyclic) bond motifs is 1. The first-order valence-corrected chi connectivity index (χ1v) is 6.98. The minimum atomic E-state index is -0.517. The van der Waals surface area contributed by atoms with Crippen LogP contribution < -0.4 is 10.1 Å². The number of esters is 1. The molecule has 3 rings (SSSR count). The topological polar surface area (TPSA) is 81.4 Å². The van der Waals surface area contributed by atoms with Gasteiger partial charge in [0, 0.05) is 25.6 Å². The van der Waals surface area contributed by atoms with Crippen LogP contribution in [0.2, 0.25) is 0 Å². The molecule has 0 aliphatic carbocycles. The van der Waals surface area contributed by atoms with Crippen molar-refractivity contribution in [1.82, 2.24) is 4.98 Å². The van der Waals surface area contributed by atoms with Crippen molar-refractivity contribution >= 4 is 28.7 Å². The number of hydrogen-bond acceptors (Lipinski definition) is 5. The van der Waals surface area contributed by atoms with E-state index in [1.54, 1.807) is 49.4 Å². The first-order valence-electron chi connectivity index (χ1n) is 6.98. The number of anilines is 1. The third kappa shape index (κ3) is 3.37. The van der Waals surface area contributed by atoms with E-state index in [0.717, 1.165) is 0 Å². The number of oxazole rings is 1. The normalized spacial score (nSPS) is 10.5. The maximum absolute atomic E-state index is 12.2. The Labute approximate surface area is 132 Å². The fourth-order valence-electron chi connectivity index (χ4n) is 2.18. The molecule has 116 valence electrons. The molecule has 0 radical (unpaired) electrons. The Hall–Kier alpha value is -3.15. The number of aryl methyl sites for hydroxylation is 1. The zero-order valence-electron chi connectivity index (χ0n) is 12.6. The molecule has 2 aromatic carbocycles. The molecule has 0 bridgehead atoms. The van der Waals surface area contributed by atoms with Gasteiger partial charge in [-0.05, 0) is 30.3 Å². The molecule has 6 nitrogen and oxygen atoms in total.